The van der Waals surface area contributed by atoms with Gasteiger partial charge in [0.05, 0.1) is 0 Å². The van der Waals surface area contributed by atoms with Crippen molar-refractivity contribution in [3.05, 3.63) is 33.8 Å². The Bertz CT molecular complexity index is 416. The van der Waals surface area contributed by atoms with Gasteiger partial charge in [-0.1, -0.05) is 62.7 Å². The molecule has 0 heterocycles. The van der Waals surface area contributed by atoms with E-state index in [-0.39, 0.29) is 0 Å². The van der Waals surface area contributed by atoms with E-state index in [9.17, 15) is 0 Å². The van der Waals surface area contributed by atoms with Crippen molar-refractivity contribution in [3.8, 4) is 0 Å². The average Bonchev–Trinajstić information content (AvgIpc) is 2.39. The molecule has 0 fully saturated rings. The molecule has 0 aromatic heterocycles. The van der Waals surface area contributed by atoms with Gasteiger partial charge in [0, 0.05) is 24.1 Å². The van der Waals surface area contributed by atoms with Gasteiger partial charge < -0.3 is 5.32 Å². The van der Waals surface area contributed by atoms with Crippen LogP contribution < -0.4 is 5.32 Å². The summed E-state index contributed by atoms with van der Waals surface area (Å²) in [7, 11) is 0. The van der Waals surface area contributed by atoms with Crippen molar-refractivity contribution < 1.29 is 0 Å². The molecule has 1 aromatic rings. The van der Waals surface area contributed by atoms with Crippen molar-refractivity contribution >= 4 is 15.9 Å². The zero-order chi connectivity index (χ0) is 15.8. The fourth-order valence-electron chi connectivity index (χ4n) is 2.40. The molecule has 0 radical (unpaired) electrons. The van der Waals surface area contributed by atoms with Gasteiger partial charge in [0.2, 0.25) is 0 Å². The SMILES string of the molecule is CCN(Cc1ccc(CNCC(C)C)cc1Br)CC(C)C. The highest BCUT2D eigenvalue weighted by Crippen LogP contribution is 2.21. The van der Waals surface area contributed by atoms with Gasteiger partial charge in [-0.05, 0) is 42.1 Å². The highest BCUT2D eigenvalue weighted by molar-refractivity contribution is 9.10. The van der Waals surface area contributed by atoms with Crippen LogP contribution in [0.5, 0.6) is 0 Å². The highest BCUT2D eigenvalue weighted by atomic mass is 79.9. The lowest BCUT2D eigenvalue weighted by Crippen LogP contribution is -2.27. The predicted molar refractivity (Wildman–Crippen MR) is 96.5 cm³/mol. The number of halogens is 1. The van der Waals surface area contributed by atoms with Gasteiger partial charge in [0.1, 0.15) is 0 Å². The van der Waals surface area contributed by atoms with E-state index >= 15 is 0 Å². The summed E-state index contributed by atoms with van der Waals surface area (Å²) in [5.41, 5.74) is 2.73. The van der Waals surface area contributed by atoms with E-state index < -0.39 is 0 Å². The highest BCUT2D eigenvalue weighted by Gasteiger charge is 2.09. The van der Waals surface area contributed by atoms with Crippen LogP contribution in [0.2, 0.25) is 0 Å². The van der Waals surface area contributed by atoms with Crippen LogP contribution in [-0.2, 0) is 13.1 Å². The molecule has 1 N–H and O–H groups in total. The van der Waals surface area contributed by atoms with Crippen molar-refractivity contribution in [2.75, 3.05) is 19.6 Å². The van der Waals surface area contributed by atoms with Crippen molar-refractivity contribution in [3.63, 3.8) is 0 Å². The number of nitrogens with one attached hydrogen (secondary N) is 1. The molecule has 0 atom stereocenters. The van der Waals surface area contributed by atoms with Crippen LogP contribution in [0.25, 0.3) is 0 Å². The minimum atomic E-state index is 0.696. The quantitative estimate of drug-likeness (QED) is 0.692. The lowest BCUT2D eigenvalue weighted by Gasteiger charge is -2.23. The fourth-order valence-corrected chi connectivity index (χ4v) is 2.95. The summed E-state index contributed by atoms with van der Waals surface area (Å²) >= 11 is 3.74. The lowest BCUT2D eigenvalue weighted by atomic mass is 10.1. The molecule has 0 saturated heterocycles. The summed E-state index contributed by atoms with van der Waals surface area (Å²) in [5.74, 6) is 1.41. The summed E-state index contributed by atoms with van der Waals surface area (Å²) in [4.78, 5) is 2.50. The molecular formula is C18H31BrN2. The van der Waals surface area contributed by atoms with E-state index in [1.54, 1.807) is 0 Å². The molecule has 2 nitrogen and oxygen atoms in total. The largest absolute Gasteiger partial charge is 0.312 e. The minimum absolute atomic E-state index is 0.696. The Labute approximate surface area is 139 Å². The maximum absolute atomic E-state index is 3.74. The zero-order valence-electron chi connectivity index (χ0n) is 14.2. The molecule has 0 spiro atoms. The molecule has 0 aliphatic rings. The van der Waals surface area contributed by atoms with E-state index in [1.807, 2.05) is 0 Å². The van der Waals surface area contributed by atoms with E-state index in [2.05, 4.69) is 79.0 Å². The van der Waals surface area contributed by atoms with Gasteiger partial charge in [0.25, 0.3) is 0 Å². The molecule has 21 heavy (non-hydrogen) atoms. The fraction of sp³-hybridized carbons (Fsp3) is 0.667. The third kappa shape index (κ3) is 7.44. The van der Waals surface area contributed by atoms with Gasteiger partial charge in [-0.25, -0.2) is 0 Å². The summed E-state index contributed by atoms with van der Waals surface area (Å²) in [6, 6.07) is 6.77. The van der Waals surface area contributed by atoms with Gasteiger partial charge >= 0.3 is 0 Å². The number of hydrogen-bond donors (Lipinski definition) is 1. The van der Waals surface area contributed by atoms with E-state index in [0.29, 0.717) is 11.8 Å². The Morgan fingerprint density at radius 2 is 1.86 bits per heavy atom. The molecule has 120 valence electrons. The number of hydrogen-bond acceptors (Lipinski definition) is 2. The average molecular weight is 355 g/mol. The first-order valence-electron chi connectivity index (χ1n) is 8.12. The number of benzene rings is 1. The van der Waals surface area contributed by atoms with Gasteiger partial charge in [-0.2, -0.15) is 0 Å². The lowest BCUT2D eigenvalue weighted by molar-refractivity contribution is 0.248. The Hall–Kier alpha value is -0.380. The summed E-state index contributed by atoms with van der Waals surface area (Å²) in [6.45, 7) is 16.6. The second kappa shape index (κ2) is 9.60. The Morgan fingerprint density at radius 1 is 1.14 bits per heavy atom. The molecule has 0 saturated carbocycles. The first-order valence-corrected chi connectivity index (χ1v) is 8.92. The van der Waals surface area contributed by atoms with Gasteiger partial charge in [-0.3, -0.25) is 4.90 Å². The molecule has 3 heteroatoms. The third-order valence-corrected chi connectivity index (χ3v) is 4.20. The monoisotopic (exact) mass is 354 g/mol. The standard InChI is InChI=1S/C18H31BrN2/c1-6-21(12-15(4)5)13-17-8-7-16(9-18(17)19)11-20-10-14(2)3/h7-9,14-15,20H,6,10-13H2,1-5H3. The van der Waals surface area contributed by atoms with Crippen LogP contribution in [0.15, 0.2) is 22.7 Å². The molecular weight excluding hydrogens is 324 g/mol. The van der Waals surface area contributed by atoms with Crippen molar-refractivity contribution in [2.45, 2.75) is 47.7 Å². The minimum Gasteiger partial charge on any atom is -0.312 e. The van der Waals surface area contributed by atoms with Gasteiger partial charge in [-0.15, -0.1) is 0 Å². The second-order valence-corrected chi connectivity index (χ2v) is 7.53. The first kappa shape index (κ1) is 18.7. The van der Waals surface area contributed by atoms with Crippen LogP contribution in [0, 0.1) is 11.8 Å². The predicted octanol–water partition coefficient (Wildman–Crippen LogP) is 4.67. The zero-order valence-corrected chi connectivity index (χ0v) is 15.8. The molecule has 1 rings (SSSR count). The smallest absolute Gasteiger partial charge is 0.0244 e. The normalized spacial score (nSPS) is 11.9. The number of rotatable bonds is 9. The third-order valence-electron chi connectivity index (χ3n) is 3.46. The molecule has 0 unspecified atom stereocenters. The Morgan fingerprint density at radius 3 is 2.38 bits per heavy atom. The van der Waals surface area contributed by atoms with Crippen LogP contribution in [-0.4, -0.2) is 24.5 Å². The van der Waals surface area contributed by atoms with Crippen LogP contribution in [0.3, 0.4) is 0 Å². The van der Waals surface area contributed by atoms with Crippen molar-refractivity contribution in [1.82, 2.24) is 10.2 Å². The maximum atomic E-state index is 3.74. The molecule has 1 aromatic carbocycles. The first-order chi connectivity index (χ1) is 9.92. The van der Waals surface area contributed by atoms with E-state index in [1.165, 1.54) is 15.6 Å². The Balaban J connectivity index is 2.60. The van der Waals surface area contributed by atoms with E-state index in [4.69, 9.17) is 0 Å². The molecule has 0 bridgehead atoms. The van der Waals surface area contributed by atoms with E-state index in [0.717, 1.165) is 32.7 Å². The van der Waals surface area contributed by atoms with Crippen molar-refractivity contribution in [1.29, 1.82) is 0 Å². The Kier molecular flexibility index (Phi) is 8.53. The van der Waals surface area contributed by atoms with Crippen LogP contribution >= 0.6 is 15.9 Å². The maximum Gasteiger partial charge on any atom is 0.0244 e. The summed E-state index contributed by atoms with van der Waals surface area (Å²) in [6.07, 6.45) is 0. The van der Waals surface area contributed by atoms with Crippen LogP contribution in [0.1, 0.15) is 45.7 Å². The summed E-state index contributed by atoms with van der Waals surface area (Å²) < 4.78 is 1.23. The van der Waals surface area contributed by atoms with Gasteiger partial charge in [0.15, 0.2) is 0 Å². The second-order valence-electron chi connectivity index (χ2n) is 6.67. The van der Waals surface area contributed by atoms with Crippen LogP contribution in [0.4, 0.5) is 0 Å². The molecule has 0 aliphatic carbocycles. The molecule has 0 amide bonds. The number of nitrogens with zero attached hydrogens (tertiary/aromatic N) is 1. The summed E-state index contributed by atoms with van der Waals surface area (Å²) in [5, 5.41) is 3.49. The van der Waals surface area contributed by atoms with Crippen molar-refractivity contribution in [2.24, 2.45) is 11.8 Å². The topological polar surface area (TPSA) is 15.3 Å². The molecule has 0 aliphatic heterocycles.